The Hall–Kier alpha value is -2.38. The number of ketones is 1. The van der Waals surface area contributed by atoms with Crippen molar-refractivity contribution in [2.75, 3.05) is 19.4 Å². The molecule has 0 aliphatic rings. The van der Waals surface area contributed by atoms with E-state index in [-0.39, 0.29) is 11.6 Å². The van der Waals surface area contributed by atoms with Gasteiger partial charge in [0.25, 0.3) is 5.78 Å². The first kappa shape index (κ1) is 15.7. The molecular formula is C12H13F3N4O. The number of rotatable bonds is 5. The number of alkyl halides is 3. The van der Waals surface area contributed by atoms with E-state index < -0.39 is 12.0 Å². The Labute approximate surface area is 113 Å². The van der Waals surface area contributed by atoms with Crippen LogP contribution in [-0.4, -0.2) is 40.9 Å². The van der Waals surface area contributed by atoms with Crippen LogP contribution in [0.2, 0.25) is 0 Å². The van der Waals surface area contributed by atoms with E-state index in [1.54, 1.807) is 25.1 Å². The summed E-state index contributed by atoms with van der Waals surface area (Å²) in [6.45, 7) is 0. The summed E-state index contributed by atoms with van der Waals surface area (Å²) in [4.78, 5) is 20.2. The smallest absolute Gasteiger partial charge is 0.383 e. The zero-order valence-electron chi connectivity index (χ0n) is 10.8. The molecule has 1 aromatic rings. The predicted molar refractivity (Wildman–Crippen MR) is 67.6 cm³/mol. The number of nitrogens with one attached hydrogen (secondary N) is 1. The summed E-state index contributed by atoms with van der Waals surface area (Å²) in [7, 11) is 3.39. The van der Waals surface area contributed by atoms with Gasteiger partial charge in [0.15, 0.2) is 0 Å². The van der Waals surface area contributed by atoms with Gasteiger partial charge in [-0.1, -0.05) is 0 Å². The molecule has 20 heavy (non-hydrogen) atoms. The second-order valence-electron chi connectivity index (χ2n) is 3.94. The highest BCUT2D eigenvalue weighted by Crippen LogP contribution is 2.18. The highest BCUT2D eigenvalue weighted by molar-refractivity contribution is 5.95. The van der Waals surface area contributed by atoms with Crippen molar-refractivity contribution in [1.82, 2.24) is 14.9 Å². The fraction of sp³-hybridized carbons (Fsp3) is 0.250. The number of anilines is 1. The number of allylic oxidation sites excluding steroid dienone is 2. The summed E-state index contributed by atoms with van der Waals surface area (Å²) in [5.74, 6) is -1.86. The minimum Gasteiger partial charge on any atom is -0.383 e. The molecule has 0 unspecified atom stereocenters. The van der Waals surface area contributed by atoms with E-state index in [0.717, 1.165) is 0 Å². The van der Waals surface area contributed by atoms with Gasteiger partial charge in [-0.3, -0.25) is 4.79 Å². The molecular weight excluding hydrogens is 273 g/mol. The number of carbonyl (C=O) groups excluding carboxylic acids is 1. The molecule has 108 valence electrons. The van der Waals surface area contributed by atoms with Crippen LogP contribution in [0.4, 0.5) is 19.1 Å². The fourth-order valence-electron chi connectivity index (χ4n) is 1.07. The molecule has 5 nitrogen and oxygen atoms in total. The lowest BCUT2D eigenvalue weighted by Gasteiger charge is -2.08. The molecule has 1 heterocycles. The largest absolute Gasteiger partial charge is 0.454 e. The van der Waals surface area contributed by atoms with Crippen molar-refractivity contribution < 1.29 is 18.0 Å². The second kappa shape index (κ2) is 6.69. The summed E-state index contributed by atoms with van der Waals surface area (Å²) in [6.07, 6.45) is 1.20. The van der Waals surface area contributed by atoms with E-state index in [1.165, 1.54) is 24.7 Å². The minimum absolute atomic E-state index is 0.0628. The maximum Gasteiger partial charge on any atom is 0.454 e. The third-order valence-corrected chi connectivity index (χ3v) is 1.94. The number of carbonyl (C=O) groups is 1. The van der Waals surface area contributed by atoms with Gasteiger partial charge in [0.2, 0.25) is 5.95 Å². The van der Waals surface area contributed by atoms with Gasteiger partial charge in [-0.2, -0.15) is 13.2 Å². The van der Waals surface area contributed by atoms with E-state index in [1.807, 2.05) is 0 Å². The van der Waals surface area contributed by atoms with Gasteiger partial charge in [0.05, 0.1) is 0 Å². The van der Waals surface area contributed by atoms with Gasteiger partial charge < -0.3 is 10.2 Å². The van der Waals surface area contributed by atoms with Crippen molar-refractivity contribution in [2.24, 2.45) is 0 Å². The van der Waals surface area contributed by atoms with E-state index in [4.69, 9.17) is 0 Å². The van der Waals surface area contributed by atoms with Gasteiger partial charge in [0, 0.05) is 44.5 Å². The van der Waals surface area contributed by atoms with E-state index >= 15 is 0 Å². The Balaban J connectivity index is 2.97. The first-order valence-electron chi connectivity index (χ1n) is 5.50. The number of hydrogen-bond donors (Lipinski definition) is 1. The molecule has 0 aliphatic heterocycles. The Bertz CT molecular complexity index is 509. The molecule has 0 spiro atoms. The van der Waals surface area contributed by atoms with Crippen LogP contribution in [0.3, 0.4) is 0 Å². The minimum atomic E-state index is -4.92. The van der Waals surface area contributed by atoms with Crippen molar-refractivity contribution in [1.29, 1.82) is 0 Å². The van der Waals surface area contributed by atoms with Crippen LogP contribution in [0.15, 0.2) is 42.5 Å². The first-order valence-corrected chi connectivity index (χ1v) is 5.50. The van der Waals surface area contributed by atoms with Crippen LogP contribution in [0.5, 0.6) is 0 Å². The van der Waals surface area contributed by atoms with Crippen LogP contribution < -0.4 is 5.32 Å². The maximum atomic E-state index is 12.3. The van der Waals surface area contributed by atoms with E-state index in [2.05, 4.69) is 15.3 Å². The first-order chi connectivity index (χ1) is 9.29. The van der Waals surface area contributed by atoms with Crippen molar-refractivity contribution in [2.45, 2.75) is 6.18 Å². The Morgan fingerprint density at radius 1 is 1.30 bits per heavy atom. The van der Waals surface area contributed by atoms with Crippen LogP contribution in [-0.2, 0) is 4.79 Å². The third kappa shape index (κ3) is 5.51. The van der Waals surface area contributed by atoms with Gasteiger partial charge in [-0.25, -0.2) is 9.97 Å². The molecule has 0 radical (unpaired) electrons. The Morgan fingerprint density at radius 2 is 1.90 bits per heavy atom. The number of halogens is 3. The van der Waals surface area contributed by atoms with E-state index in [9.17, 15) is 18.0 Å². The highest BCUT2D eigenvalue weighted by Gasteiger charge is 2.36. The lowest BCUT2D eigenvalue weighted by molar-refractivity contribution is -0.165. The fourth-order valence-corrected chi connectivity index (χ4v) is 1.07. The van der Waals surface area contributed by atoms with Crippen molar-refractivity contribution in [3.05, 3.63) is 42.5 Å². The Morgan fingerprint density at radius 3 is 2.40 bits per heavy atom. The predicted octanol–water partition coefficient (Wildman–Crippen LogP) is 1.98. The van der Waals surface area contributed by atoms with Crippen LogP contribution in [0.25, 0.3) is 0 Å². The van der Waals surface area contributed by atoms with Gasteiger partial charge in [-0.05, 0) is 12.1 Å². The number of nitrogens with zero attached hydrogens (tertiary/aromatic N) is 3. The highest BCUT2D eigenvalue weighted by atomic mass is 19.4. The molecule has 0 aromatic carbocycles. The average molecular weight is 286 g/mol. The lowest BCUT2D eigenvalue weighted by atomic mass is 10.3. The second-order valence-corrected chi connectivity index (χ2v) is 3.94. The Kier molecular flexibility index (Phi) is 5.24. The summed E-state index contributed by atoms with van der Waals surface area (Å²) < 4.78 is 36.8. The summed E-state index contributed by atoms with van der Waals surface area (Å²) in [5, 5.41) is 2.54. The zero-order chi connectivity index (χ0) is 15.2. The molecule has 0 amide bonds. The molecule has 1 rings (SSSR count). The topological polar surface area (TPSA) is 58.1 Å². The monoisotopic (exact) mass is 286 g/mol. The number of aromatic nitrogens is 2. The SMILES string of the molecule is CN(C)/C=C/C(=C/C(=O)C(F)(F)F)Nc1ncccn1. The summed E-state index contributed by atoms with van der Waals surface area (Å²) in [5.41, 5.74) is -0.0628. The van der Waals surface area contributed by atoms with Crippen molar-refractivity contribution >= 4 is 11.7 Å². The normalized spacial score (nSPS) is 12.6. The molecule has 0 saturated carbocycles. The molecule has 0 bridgehead atoms. The van der Waals surface area contributed by atoms with Crippen LogP contribution >= 0.6 is 0 Å². The molecule has 8 heteroatoms. The van der Waals surface area contributed by atoms with Crippen molar-refractivity contribution in [3.63, 3.8) is 0 Å². The maximum absolute atomic E-state index is 12.3. The van der Waals surface area contributed by atoms with E-state index in [0.29, 0.717) is 6.08 Å². The number of hydrogen-bond acceptors (Lipinski definition) is 5. The summed E-state index contributed by atoms with van der Waals surface area (Å²) >= 11 is 0. The molecule has 0 aliphatic carbocycles. The molecule has 0 fully saturated rings. The van der Waals surface area contributed by atoms with Gasteiger partial charge in [0.1, 0.15) is 0 Å². The molecule has 1 N–H and O–H groups in total. The molecule has 0 saturated heterocycles. The lowest BCUT2D eigenvalue weighted by Crippen LogP contribution is -2.21. The third-order valence-electron chi connectivity index (χ3n) is 1.94. The standard InChI is InChI=1S/C12H13F3N4O/c1-19(2)7-4-9(8-10(20)12(13,14)15)18-11-16-5-3-6-17-11/h3-8H,1-2H3,(H,16,17,18)/b7-4+,9-8-. The van der Waals surface area contributed by atoms with Crippen LogP contribution in [0, 0.1) is 0 Å². The molecule has 1 aromatic heterocycles. The van der Waals surface area contributed by atoms with Crippen molar-refractivity contribution in [3.8, 4) is 0 Å². The average Bonchev–Trinajstić information content (AvgIpc) is 2.36. The van der Waals surface area contributed by atoms with Gasteiger partial charge >= 0.3 is 6.18 Å². The summed E-state index contributed by atoms with van der Waals surface area (Å²) in [6, 6.07) is 1.56. The quantitative estimate of drug-likeness (QED) is 0.662. The van der Waals surface area contributed by atoms with Crippen LogP contribution in [0.1, 0.15) is 0 Å². The zero-order valence-corrected chi connectivity index (χ0v) is 10.8. The van der Waals surface area contributed by atoms with Gasteiger partial charge in [-0.15, -0.1) is 0 Å². The molecule has 0 atom stereocenters.